The normalized spacial score (nSPS) is 14.7. The number of halogens is 3. The molecule has 0 fully saturated rings. The number of benzene rings is 1. The maximum absolute atomic E-state index is 12.5. The zero-order valence-electron chi connectivity index (χ0n) is 11.1. The Balaban J connectivity index is 2.65. The van der Waals surface area contributed by atoms with Gasteiger partial charge in [0.15, 0.2) is 5.92 Å². The van der Waals surface area contributed by atoms with Crippen LogP contribution >= 0.6 is 0 Å². The average molecular weight is 291 g/mol. The van der Waals surface area contributed by atoms with Gasteiger partial charge in [-0.15, -0.1) is 0 Å². The smallest absolute Gasteiger partial charge is 0.403 e. The molecule has 0 bridgehead atoms. The lowest BCUT2D eigenvalue weighted by Crippen LogP contribution is -2.39. The van der Waals surface area contributed by atoms with Crippen molar-refractivity contribution in [2.45, 2.75) is 19.1 Å². The lowest BCUT2D eigenvalue weighted by molar-refractivity contribution is -0.192. The second-order valence-corrected chi connectivity index (χ2v) is 4.34. The van der Waals surface area contributed by atoms with Crippen LogP contribution in [0.4, 0.5) is 13.2 Å². The Bertz CT molecular complexity index is 445. The van der Waals surface area contributed by atoms with Crippen molar-refractivity contribution >= 4 is 5.97 Å². The molecule has 1 unspecified atom stereocenters. The summed E-state index contributed by atoms with van der Waals surface area (Å²) in [7, 11) is 1.51. The van der Waals surface area contributed by atoms with Gasteiger partial charge in [0, 0.05) is 12.6 Å². The van der Waals surface area contributed by atoms with Crippen LogP contribution in [0, 0.1) is 5.92 Å². The highest BCUT2D eigenvalue weighted by Gasteiger charge is 2.44. The van der Waals surface area contributed by atoms with Gasteiger partial charge < -0.3 is 15.2 Å². The third-order valence-corrected chi connectivity index (χ3v) is 2.94. The largest absolute Gasteiger partial charge is 0.497 e. The Hall–Kier alpha value is -1.76. The van der Waals surface area contributed by atoms with Crippen molar-refractivity contribution in [1.82, 2.24) is 5.32 Å². The van der Waals surface area contributed by atoms with Gasteiger partial charge in [0.05, 0.1) is 7.11 Å². The number of carboxylic acid groups (broad SMARTS) is 1. The minimum absolute atomic E-state index is 0.398. The number of rotatable bonds is 6. The van der Waals surface area contributed by atoms with Crippen LogP contribution in [0.25, 0.3) is 0 Å². The molecule has 1 aromatic rings. The number of alkyl halides is 3. The van der Waals surface area contributed by atoms with Gasteiger partial charge in [-0.3, -0.25) is 4.79 Å². The molecule has 1 rings (SSSR count). The van der Waals surface area contributed by atoms with E-state index in [-0.39, 0.29) is 0 Å². The molecule has 7 heteroatoms. The van der Waals surface area contributed by atoms with Crippen molar-refractivity contribution in [3.63, 3.8) is 0 Å². The van der Waals surface area contributed by atoms with Crippen LogP contribution in [0.5, 0.6) is 5.75 Å². The van der Waals surface area contributed by atoms with Crippen LogP contribution in [-0.4, -0.2) is 30.9 Å². The summed E-state index contributed by atoms with van der Waals surface area (Å²) in [6.45, 7) is 0.989. The molecule has 0 saturated carbocycles. The Kier molecular flexibility index (Phi) is 5.38. The van der Waals surface area contributed by atoms with Crippen LogP contribution in [0.1, 0.15) is 18.5 Å². The van der Waals surface area contributed by atoms with Crippen molar-refractivity contribution in [3.8, 4) is 5.75 Å². The summed E-state index contributed by atoms with van der Waals surface area (Å²) in [5, 5.41) is 11.2. The maximum atomic E-state index is 12.5. The lowest BCUT2D eigenvalue weighted by Gasteiger charge is -2.20. The van der Waals surface area contributed by atoms with Gasteiger partial charge in [-0.2, -0.15) is 13.2 Å². The number of nitrogens with one attached hydrogen (secondary N) is 1. The molecule has 0 aromatic heterocycles. The highest BCUT2D eigenvalue weighted by molar-refractivity contribution is 5.71. The van der Waals surface area contributed by atoms with E-state index in [1.165, 1.54) is 7.11 Å². The van der Waals surface area contributed by atoms with Gasteiger partial charge in [0.25, 0.3) is 0 Å². The first-order valence-electron chi connectivity index (χ1n) is 5.92. The van der Waals surface area contributed by atoms with E-state index < -0.39 is 30.7 Å². The topological polar surface area (TPSA) is 58.6 Å². The minimum atomic E-state index is -4.77. The lowest BCUT2D eigenvalue weighted by atomic mass is 10.1. The monoisotopic (exact) mass is 291 g/mol. The van der Waals surface area contributed by atoms with E-state index in [0.717, 1.165) is 5.56 Å². The van der Waals surface area contributed by atoms with Crippen molar-refractivity contribution in [3.05, 3.63) is 29.8 Å². The van der Waals surface area contributed by atoms with Crippen molar-refractivity contribution in [2.24, 2.45) is 5.92 Å². The molecular formula is C13H16F3NO3. The van der Waals surface area contributed by atoms with E-state index >= 15 is 0 Å². The number of hydrogen-bond acceptors (Lipinski definition) is 3. The fourth-order valence-electron chi connectivity index (χ4n) is 1.65. The van der Waals surface area contributed by atoms with Crippen molar-refractivity contribution in [1.29, 1.82) is 0 Å². The number of aliphatic carboxylic acids is 1. The van der Waals surface area contributed by atoms with Gasteiger partial charge >= 0.3 is 12.1 Å². The van der Waals surface area contributed by atoms with Gasteiger partial charge in [0.2, 0.25) is 0 Å². The second-order valence-electron chi connectivity index (χ2n) is 4.34. The molecule has 112 valence electrons. The third kappa shape index (κ3) is 4.41. The van der Waals surface area contributed by atoms with Crippen LogP contribution < -0.4 is 10.1 Å². The van der Waals surface area contributed by atoms with E-state index in [0.29, 0.717) is 5.75 Å². The first-order valence-corrected chi connectivity index (χ1v) is 5.92. The number of carboxylic acids is 1. The zero-order chi connectivity index (χ0) is 15.3. The first kappa shape index (κ1) is 16.3. The summed E-state index contributed by atoms with van der Waals surface area (Å²) < 4.78 is 42.4. The molecule has 1 aromatic carbocycles. The van der Waals surface area contributed by atoms with E-state index in [4.69, 9.17) is 9.84 Å². The summed E-state index contributed by atoms with van der Waals surface area (Å²) in [5.74, 6) is -3.66. The standard InChI is InChI=1S/C13H16F3NO3/c1-8(9-3-5-10(20-2)6-4-9)17-7-11(12(18)19)13(14,15)16/h3-6,8,11,17H,7H2,1-2H3,(H,18,19)/t8-,11?/m0/s1. The first-order chi connectivity index (χ1) is 9.25. The molecule has 0 amide bonds. The molecule has 0 aliphatic rings. The van der Waals surface area contributed by atoms with E-state index in [1.54, 1.807) is 31.2 Å². The average Bonchev–Trinajstić information content (AvgIpc) is 2.36. The SMILES string of the molecule is COc1ccc([C@H](C)NCC(C(=O)O)C(F)(F)F)cc1. The molecule has 2 N–H and O–H groups in total. The molecule has 0 aliphatic carbocycles. The molecule has 2 atom stereocenters. The molecule has 0 radical (unpaired) electrons. The highest BCUT2D eigenvalue weighted by atomic mass is 19.4. The summed E-state index contributed by atoms with van der Waals surface area (Å²) >= 11 is 0. The number of hydrogen-bond donors (Lipinski definition) is 2. The quantitative estimate of drug-likeness (QED) is 0.846. The Morgan fingerprint density at radius 3 is 2.30 bits per heavy atom. The predicted octanol–water partition coefficient (Wildman–Crippen LogP) is 2.61. The fraction of sp³-hybridized carbons (Fsp3) is 0.462. The highest BCUT2D eigenvalue weighted by Crippen LogP contribution is 2.26. The van der Waals surface area contributed by atoms with Gasteiger partial charge in [-0.1, -0.05) is 12.1 Å². The van der Waals surface area contributed by atoms with Crippen molar-refractivity contribution < 1.29 is 27.8 Å². The molecule has 4 nitrogen and oxygen atoms in total. The summed E-state index contributed by atoms with van der Waals surface area (Å²) in [6.07, 6.45) is -4.77. The Labute approximate surface area is 114 Å². The Morgan fingerprint density at radius 2 is 1.90 bits per heavy atom. The van der Waals surface area contributed by atoms with Crippen molar-refractivity contribution in [2.75, 3.05) is 13.7 Å². The zero-order valence-corrected chi connectivity index (χ0v) is 11.1. The third-order valence-electron chi connectivity index (χ3n) is 2.94. The number of carbonyl (C=O) groups is 1. The second kappa shape index (κ2) is 6.60. The van der Waals surface area contributed by atoms with E-state index in [9.17, 15) is 18.0 Å². The molecule has 0 spiro atoms. The Morgan fingerprint density at radius 1 is 1.35 bits per heavy atom. The summed E-state index contributed by atoms with van der Waals surface area (Å²) in [5.41, 5.74) is 0.747. The van der Waals surface area contributed by atoms with Crippen LogP contribution in [0.15, 0.2) is 24.3 Å². The number of methoxy groups -OCH3 is 1. The van der Waals surface area contributed by atoms with Gasteiger partial charge in [0.1, 0.15) is 5.75 Å². The number of ether oxygens (including phenoxy) is 1. The van der Waals surface area contributed by atoms with E-state index in [1.807, 2.05) is 0 Å². The van der Waals surface area contributed by atoms with E-state index in [2.05, 4.69) is 5.32 Å². The van der Waals surface area contributed by atoms with Crippen LogP contribution in [0.2, 0.25) is 0 Å². The summed E-state index contributed by atoms with van der Waals surface area (Å²) in [6, 6.07) is 6.39. The van der Waals surface area contributed by atoms with Crippen LogP contribution in [-0.2, 0) is 4.79 Å². The molecule has 0 heterocycles. The predicted molar refractivity (Wildman–Crippen MR) is 66.6 cm³/mol. The van der Waals surface area contributed by atoms with Gasteiger partial charge in [-0.05, 0) is 24.6 Å². The maximum Gasteiger partial charge on any atom is 0.403 e. The molecular weight excluding hydrogens is 275 g/mol. The van der Waals surface area contributed by atoms with Gasteiger partial charge in [-0.25, -0.2) is 0 Å². The molecule has 0 saturated heterocycles. The minimum Gasteiger partial charge on any atom is -0.497 e. The summed E-state index contributed by atoms with van der Waals surface area (Å²) in [4.78, 5) is 10.6. The fourth-order valence-corrected chi connectivity index (χ4v) is 1.65. The van der Waals surface area contributed by atoms with Crippen LogP contribution in [0.3, 0.4) is 0 Å². The molecule has 20 heavy (non-hydrogen) atoms. The molecule has 0 aliphatic heterocycles.